The number of hydrogen-bond acceptors (Lipinski definition) is 4. The fourth-order valence-electron chi connectivity index (χ4n) is 3.44. The molecule has 0 radical (unpaired) electrons. The van der Waals surface area contributed by atoms with Gasteiger partial charge in [0.25, 0.3) is 5.91 Å². The molecule has 0 saturated carbocycles. The van der Waals surface area contributed by atoms with Gasteiger partial charge in [0.2, 0.25) is 0 Å². The molecule has 0 aliphatic carbocycles. The van der Waals surface area contributed by atoms with E-state index in [1.54, 1.807) is 12.1 Å². The van der Waals surface area contributed by atoms with Crippen LogP contribution in [0, 0.1) is 12.7 Å². The maximum atomic E-state index is 14.0. The van der Waals surface area contributed by atoms with E-state index in [2.05, 4.69) is 20.4 Å². The zero-order valence-corrected chi connectivity index (χ0v) is 17.7. The van der Waals surface area contributed by atoms with Gasteiger partial charge in [-0.15, -0.1) is 0 Å². The molecule has 1 saturated heterocycles. The Labute approximate surface area is 176 Å². The second-order valence-electron chi connectivity index (χ2n) is 7.20. The Hall–Kier alpha value is -3.03. The van der Waals surface area contributed by atoms with Crippen LogP contribution in [0.15, 0.2) is 46.0 Å². The number of nitrogens with zero attached hydrogens (tertiary/aromatic N) is 3. The number of rotatable bonds is 7. The summed E-state index contributed by atoms with van der Waals surface area (Å²) in [5.74, 6) is 0.842. The van der Waals surface area contributed by atoms with Crippen molar-refractivity contribution in [1.82, 2.24) is 15.5 Å². The first kappa shape index (κ1) is 21.7. The highest BCUT2D eigenvalue weighted by atomic mass is 19.1. The Kier molecular flexibility index (Phi) is 7.70. The molecular weight excluding hydrogens is 385 g/mol. The second-order valence-corrected chi connectivity index (χ2v) is 7.20. The first-order chi connectivity index (χ1) is 14.6. The minimum absolute atomic E-state index is 0.182. The number of halogens is 1. The quantitative estimate of drug-likeness (QED) is 0.413. The lowest BCUT2D eigenvalue weighted by Crippen LogP contribution is -2.52. The van der Waals surface area contributed by atoms with Crippen LogP contribution in [0.25, 0.3) is 0 Å². The largest absolute Gasteiger partial charge is 0.459 e. The molecule has 1 aromatic heterocycles. The Bertz CT molecular complexity index is 859. The van der Waals surface area contributed by atoms with Gasteiger partial charge in [0, 0.05) is 51.4 Å². The highest BCUT2D eigenvalue weighted by Crippen LogP contribution is 2.20. The average Bonchev–Trinajstić information content (AvgIpc) is 3.19. The second kappa shape index (κ2) is 10.7. The van der Waals surface area contributed by atoms with Crippen molar-refractivity contribution in [2.75, 3.05) is 50.7 Å². The van der Waals surface area contributed by atoms with Gasteiger partial charge < -0.3 is 24.9 Å². The molecule has 8 heteroatoms. The van der Waals surface area contributed by atoms with E-state index >= 15 is 0 Å². The van der Waals surface area contributed by atoms with Crippen molar-refractivity contribution in [2.45, 2.75) is 20.3 Å². The zero-order valence-electron chi connectivity index (χ0n) is 17.7. The Morgan fingerprint density at radius 2 is 1.93 bits per heavy atom. The Morgan fingerprint density at radius 3 is 2.60 bits per heavy atom. The van der Waals surface area contributed by atoms with Crippen molar-refractivity contribution < 1.29 is 13.6 Å². The van der Waals surface area contributed by atoms with Crippen LogP contribution in [0.4, 0.5) is 10.1 Å². The number of anilines is 1. The number of carbonyl (C=O) groups is 1. The molecule has 2 heterocycles. The molecule has 0 spiro atoms. The fourth-order valence-corrected chi connectivity index (χ4v) is 3.44. The lowest BCUT2D eigenvalue weighted by Gasteiger charge is -2.37. The van der Waals surface area contributed by atoms with E-state index in [9.17, 15) is 9.18 Å². The van der Waals surface area contributed by atoms with Gasteiger partial charge in [-0.1, -0.05) is 12.1 Å². The maximum absolute atomic E-state index is 14.0. The number of guanidine groups is 1. The normalized spacial score (nSPS) is 14.7. The van der Waals surface area contributed by atoms with Crippen LogP contribution >= 0.6 is 0 Å². The number of piperazine rings is 1. The van der Waals surface area contributed by atoms with Gasteiger partial charge in [-0.05, 0) is 38.5 Å². The molecule has 1 aromatic carbocycles. The van der Waals surface area contributed by atoms with Crippen LogP contribution in [0.1, 0.15) is 29.5 Å². The number of aliphatic imine (C=N–C) groups is 1. The smallest absolute Gasteiger partial charge is 0.287 e. The zero-order chi connectivity index (χ0) is 21.3. The Balaban J connectivity index is 1.46. The van der Waals surface area contributed by atoms with E-state index in [0.717, 1.165) is 50.7 Å². The molecule has 2 aromatic rings. The lowest BCUT2D eigenvalue weighted by molar-refractivity contribution is 0.0925. The molecule has 2 N–H and O–H groups in total. The summed E-state index contributed by atoms with van der Waals surface area (Å²) in [6.45, 7) is 8.82. The predicted molar refractivity (Wildman–Crippen MR) is 117 cm³/mol. The number of aryl methyl sites for hydroxylation is 1. The number of furan rings is 1. The maximum Gasteiger partial charge on any atom is 0.287 e. The highest BCUT2D eigenvalue weighted by Gasteiger charge is 2.21. The molecule has 30 heavy (non-hydrogen) atoms. The summed E-state index contributed by atoms with van der Waals surface area (Å²) < 4.78 is 19.2. The standard InChI is InChI=1S/C22H30FN5O2/c1-3-24-22(26-11-6-10-25-21(29)20-17(2)9-16-30-20)28-14-12-27(13-15-28)19-8-5-4-7-18(19)23/h4-5,7-9,16H,3,6,10-15H2,1-2H3,(H,24,26)(H,25,29). The van der Waals surface area contributed by atoms with Crippen LogP contribution in [-0.4, -0.2) is 62.6 Å². The van der Waals surface area contributed by atoms with Crippen molar-refractivity contribution in [3.8, 4) is 0 Å². The van der Waals surface area contributed by atoms with Crippen molar-refractivity contribution in [3.05, 3.63) is 53.7 Å². The van der Waals surface area contributed by atoms with Crippen molar-refractivity contribution in [3.63, 3.8) is 0 Å². The highest BCUT2D eigenvalue weighted by molar-refractivity contribution is 5.92. The van der Waals surface area contributed by atoms with Gasteiger partial charge in [-0.3, -0.25) is 9.79 Å². The number of nitrogens with one attached hydrogen (secondary N) is 2. The summed E-state index contributed by atoms with van der Waals surface area (Å²) >= 11 is 0. The lowest BCUT2D eigenvalue weighted by atomic mass is 10.2. The van der Waals surface area contributed by atoms with Crippen molar-refractivity contribution in [2.24, 2.45) is 4.99 Å². The van der Waals surface area contributed by atoms with Gasteiger partial charge in [0.15, 0.2) is 11.7 Å². The van der Waals surface area contributed by atoms with Crippen molar-refractivity contribution in [1.29, 1.82) is 0 Å². The third-order valence-corrected chi connectivity index (χ3v) is 5.06. The van der Waals surface area contributed by atoms with Gasteiger partial charge in [-0.2, -0.15) is 0 Å². The monoisotopic (exact) mass is 415 g/mol. The summed E-state index contributed by atoms with van der Waals surface area (Å²) in [5.41, 5.74) is 1.48. The van der Waals surface area contributed by atoms with E-state index in [0.29, 0.717) is 24.5 Å². The third-order valence-electron chi connectivity index (χ3n) is 5.06. The molecule has 1 amide bonds. The molecular formula is C22H30FN5O2. The van der Waals surface area contributed by atoms with Gasteiger partial charge >= 0.3 is 0 Å². The molecule has 7 nitrogen and oxygen atoms in total. The number of carbonyl (C=O) groups excluding carboxylic acids is 1. The average molecular weight is 416 g/mol. The molecule has 0 atom stereocenters. The van der Waals surface area contributed by atoms with Crippen LogP contribution in [0.5, 0.6) is 0 Å². The fraction of sp³-hybridized carbons (Fsp3) is 0.455. The first-order valence-corrected chi connectivity index (χ1v) is 10.4. The van der Waals surface area contributed by atoms with Gasteiger partial charge in [0.05, 0.1) is 12.0 Å². The predicted octanol–water partition coefficient (Wildman–Crippen LogP) is 2.63. The molecule has 3 rings (SSSR count). The summed E-state index contributed by atoms with van der Waals surface area (Å²) in [7, 11) is 0. The summed E-state index contributed by atoms with van der Waals surface area (Å²) in [6, 6.07) is 8.67. The molecule has 0 bridgehead atoms. The summed E-state index contributed by atoms with van der Waals surface area (Å²) in [5, 5.41) is 6.19. The molecule has 1 aliphatic rings. The van der Waals surface area contributed by atoms with Crippen LogP contribution in [0.3, 0.4) is 0 Å². The van der Waals surface area contributed by atoms with Crippen LogP contribution in [0.2, 0.25) is 0 Å². The first-order valence-electron chi connectivity index (χ1n) is 10.4. The van der Waals surface area contributed by atoms with E-state index in [4.69, 9.17) is 9.41 Å². The number of benzene rings is 1. The van der Waals surface area contributed by atoms with Crippen LogP contribution < -0.4 is 15.5 Å². The minimum Gasteiger partial charge on any atom is -0.459 e. The van der Waals surface area contributed by atoms with E-state index < -0.39 is 0 Å². The molecule has 1 fully saturated rings. The topological polar surface area (TPSA) is 73.1 Å². The van der Waals surface area contributed by atoms with E-state index in [-0.39, 0.29) is 11.7 Å². The Morgan fingerprint density at radius 1 is 1.17 bits per heavy atom. The third kappa shape index (κ3) is 5.52. The van der Waals surface area contributed by atoms with Gasteiger partial charge in [0.1, 0.15) is 5.82 Å². The minimum atomic E-state index is -0.197. The summed E-state index contributed by atoms with van der Waals surface area (Å²) in [6.07, 6.45) is 2.25. The van der Waals surface area contributed by atoms with E-state index in [1.165, 1.54) is 12.3 Å². The van der Waals surface area contributed by atoms with Crippen LogP contribution in [-0.2, 0) is 0 Å². The number of hydrogen-bond donors (Lipinski definition) is 2. The number of amides is 1. The summed E-state index contributed by atoms with van der Waals surface area (Å²) in [4.78, 5) is 21.0. The SMILES string of the molecule is CCNC(=NCCCNC(=O)c1occc1C)N1CCN(c2ccccc2F)CC1. The molecule has 162 valence electrons. The number of para-hydroxylation sites is 1. The molecule has 1 aliphatic heterocycles. The molecule has 0 unspecified atom stereocenters. The van der Waals surface area contributed by atoms with Gasteiger partial charge in [-0.25, -0.2) is 4.39 Å². The van der Waals surface area contributed by atoms with Crippen molar-refractivity contribution >= 4 is 17.6 Å². The van der Waals surface area contributed by atoms with E-state index in [1.807, 2.05) is 26.0 Å².